The third-order valence-corrected chi connectivity index (χ3v) is 10.7. The summed E-state index contributed by atoms with van der Waals surface area (Å²) in [7, 11) is 0. The number of amides is 2. The largest absolute Gasteiger partial charge is 0.434 e. The molecule has 0 radical (unpaired) electrons. The number of carbonyl (C=O) groups is 2. The topological polar surface area (TPSA) is 104 Å². The molecule has 1 atom stereocenters. The smallest absolute Gasteiger partial charge is 0.282 e. The Morgan fingerprint density at radius 3 is 2.42 bits per heavy atom. The molecule has 1 unspecified atom stereocenters. The summed E-state index contributed by atoms with van der Waals surface area (Å²) in [6.45, 7) is 14.9. The van der Waals surface area contributed by atoms with E-state index in [1.807, 2.05) is 27.7 Å². The summed E-state index contributed by atoms with van der Waals surface area (Å²) in [5.74, 6) is 1.33. The molecule has 0 bridgehead atoms. The fraction of sp³-hybridized carbons (Fsp3) is 0.676. The van der Waals surface area contributed by atoms with E-state index >= 15 is 0 Å². The fourth-order valence-corrected chi connectivity index (χ4v) is 8.27. The lowest BCUT2D eigenvalue weighted by molar-refractivity contribution is -0.122. The Labute approximate surface area is 266 Å². The standard InChI is InChI=1S/C34H48FN7O3/c1-22(2)42(23(3)4)32(44)27-16-26(35)6-7-28(27)45-31-29(36-21-37-39-31)41-19-33(20-41)12-14-40(15-13-33)18-25-8-10-34(11-9-25)17-24(5)30(43)38-34/h6-7,16,21-25H,8-15,17-20H2,1-5H3,(H,38,43). The molecule has 1 aliphatic carbocycles. The lowest BCUT2D eigenvalue weighted by atomic mass is 9.71. The zero-order valence-electron chi connectivity index (χ0n) is 27.4. The van der Waals surface area contributed by atoms with E-state index in [-0.39, 0.29) is 58.0 Å². The van der Waals surface area contributed by atoms with Crippen molar-refractivity contribution in [3.05, 3.63) is 35.9 Å². The summed E-state index contributed by atoms with van der Waals surface area (Å²) >= 11 is 0. The minimum atomic E-state index is -0.504. The third-order valence-electron chi connectivity index (χ3n) is 10.7. The van der Waals surface area contributed by atoms with E-state index in [0.29, 0.717) is 11.7 Å². The molecule has 2 spiro atoms. The molecule has 1 aromatic heterocycles. The van der Waals surface area contributed by atoms with Crippen LogP contribution >= 0.6 is 0 Å². The van der Waals surface area contributed by atoms with Gasteiger partial charge in [0, 0.05) is 48.6 Å². The first kappa shape index (κ1) is 31.6. The van der Waals surface area contributed by atoms with Gasteiger partial charge in [0.15, 0.2) is 5.82 Å². The molecule has 1 saturated carbocycles. The van der Waals surface area contributed by atoms with Crippen molar-refractivity contribution in [2.45, 2.75) is 97.2 Å². The quantitative estimate of drug-likeness (QED) is 0.437. The first-order valence-corrected chi connectivity index (χ1v) is 16.7. The normalized spacial score (nSPS) is 26.4. The van der Waals surface area contributed by atoms with Gasteiger partial charge in [-0.05, 0) is 110 Å². The first-order chi connectivity index (χ1) is 21.5. The molecule has 11 heteroatoms. The maximum atomic E-state index is 14.3. The van der Waals surface area contributed by atoms with Crippen LogP contribution in [0.1, 0.15) is 89.9 Å². The van der Waals surface area contributed by atoms with Crippen molar-refractivity contribution in [2.75, 3.05) is 37.6 Å². The summed E-state index contributed by atoms with van der Waals surface area (Å²) in [5, 5.41) is 11.5. The molecule has 4 heterocycles. The number of aromatic nitrogens is 3. The molecular formula is C34H48FN7O3. The van der Waals surface area contributed by atoms with Gasteiger partial charge >= 0.3 is 0 Å². The van der Waals surface area contributed by atoms with Crippen molar-refractivity contribution < 1.29 is 18.7 Å². The van der Waals surface area contributed by atoms with Crippen molar-refractivity contribution in [1.29, 1.82) is 0 Å². The average molecular weight is 622 g/mol. The number of likely N-dealkylation sites (tertiary alicyclic amines) is 1. The van der Waals surface area contributed by atoms with Crippen LogP contribution in [0.5, 0.6) is 11.6 Å². The molecule has 1 aromatic carbocycles. The van der Waals surface area contributed by atoms with Gasteiger partial charge in [-0.15, -0.1) is 10.2 Å². The third kappa shape index (κ3) is 6.50. The van der Waals surface area contributed by atoms with E-state index in [9.17, 15) is 14.0 Å². The second-order valence-electron chi connectivity index (χ2n) is 14.7. The van der Waals surface area contributed by atoms with Gasteiger partial charge < -0.3 is 24.8 Å². The number of nitrogens with zero attached hydrogens (tertiary/aromatic N) is 6. The molecule has 45 heavy (non-hydrogen) atoms. The van der Waals surface area contributed by atoms with Gasteiger partial charge in [-0.3, -0.25) is 9.59 Å². The van der Waals surface area contributed by atoms with Crippen LogP contribution in [-0.2, 0) is 4.79 Å². The molecule has 6 rings (SSSR count). The maximum Gasteiger partial charge on any atom is 0.282 e. The molecule has 2 amide bonds. The predicted octanol–water partition coefficient (Wildman–Crippen LogP) is 5.05. The second-order valence-corrected chi connectivity index (χ2v) is 14.7. The van der Waals surface area contributed by atoms with E-state index in [1.165, 1.54) is 37.4 Å². The number of hydrogen-bond donors (Lipinski definition) is 1. The first-order valence-electron chi connectivity index (χ1n) is 16.7. The number of hydrogen-bond acceptors (Lipinski definition) is 8. The highest BCUT2D eigenvalue weighted by molar-refractivity contribution is 5.97. The lowest BCUT2D eigenvalue weighted by Gasteiger charge is -2.54. The van der Waals surface area contributed by atoms with Crippen molar-refractivity contribution in [2.24, 2.45) is 17.3 Å². The number of piperidine rings is 1. The molecule has 10 nitrogen and oxygen atoms in total. The van der Waals surface area contributed by atoms with E-state index in [1.54, 1.807) is 4.90 Å². The van der Waals surface area contributed by atoms with Gasteiger partial charge in [0.2, 0.25) is 5.91 Å². The molecule has 4 fully saturated rings. The van der Waals surface area contributed by atoms with Crippen LogP contribution in [0, 0.1) is 23.1 Å². The number of ether oxygens (including phenoxy) is 1. The molecule has 4 aliphatic rings. The van der Waals surface area contributed by atoms with Crippen LogP contribution in [0.3, 0.4) is 0 Å². The molecule has 3 aliphatic heterocycles. The minimum absolute atomic E-state index is 0.0586. The van der Waals surface area contributed by atoms with E-state index in [0.717, 1.165) is 64.8 Å². The van der Waals surface area contributed by atoms with Crippen molar-refractivity contribution >= 4 is 17.6 Å². The summed E-state index contributed by atoms with van der Waals surface area (Å²) in [5.41, 5.74) is 0.450. The van der Waals surface area contributed by atoms with E-state index < -0.39 is 5.82 Å². The highest BCUT2D eigenvalue weighted by Gasteiger charge is 2.48. The van der Waals surface area contributed by atoms with Gasteiger partial charge in [0.25, 0.3) is 11.8 Å². The number of benzene rings is 1. The molecule has 244 valence electrons. The number of halogens is 1. The van der Waals surface area contributed by atoms with Gasteiger partial charge in [0.1, 0.15) is 17.9 Å². The summed E-state index contributed by atoms with van der Waals surface area (Å²) < 4.78 is 20.5. The maximum absolute atomic E-state index is 14.3. The van der Waals surface area contributed by atoms with Crippen molar-refractivity contribution in [1.82, 2.24) is 30.3 Å². The predicted molar refractivity (Wildman–Crippen MR) is 170 cm³/mol. The highest BCUT2D eigenvalue weighted by Crippen LogP contribution is 2.45. The van der Waals surface area contributed by atoms with Crippen LogP contribution in [0.4, 0.5) is 10.2 Å². The number of rotatable bonds is 8. The van der Waals surface area contributed by atoms with Crippen LogP contribution in [0.25, 0.3) is 0 Å². The zero-order valence-corrected chi connectivity index (χ0v) is 27.4. The molecule has 1 N–H and O–H groups in total. The fourth-order valence-electron chi connectivity index (χ4n) is 8.27. The zero-order chi connectivity index (χ0) is 31.9. The van der Waals surface area contributed by atoms with E-state index in [4.69, 9.17) is 4.74 Å². The van der Waals surface area contributed by atoms with Gasteiger partial charge in [-0.25, -0.2) is 9.37 Å². The number of anilines is 1. The Hall–Kier alpha value is -3.34. The SMILES string of the molecule is CC1CC2(CCC(CN3CCC4(CC3)CN(c3ncnnc3Oc3ccc(F)cc3C(=O)N(C(C)C)C(C)C)C4)CC2)NC1=O. The highest BCUT2D eigenvalue weighted by atomic mass is 19.1. The van der Waals surface area contributed by atoms with Gasteiger partial charge in [-0.1, -0.05) is 6.92 Å². The Morgan fingerprint density at radius 1 is 1.11 bits per heavy atom. The second kappa shape index (κ2) is 12.5. The van der Waals surface area contributed by atoms with Gasteiger partial charge in [0.05, 0.1) is 5.56 Å². The average Bonchev–Trinajstić information content (AvgIpc) is 3.26. The van der Waals surface area contributed by atoms with Crippen LogP contribution in [0.15, 0.2) is 24.5 Å². The van der Waals surface area contributed by atoms with Crippen LogP contribution < -0.4 is 15.0 Å². The van der Waals surface area contributed by atoms with Crippen molar-refractivity contribution in [3.8, 4) is 11.6 Å². The van der Waals surface area contributed by atoms with Gasteiger partial charge in [-0.2, -0.15) is 0 Å². The van der Waals surface area contributed by atoms with Crippen molar-refractivity contribution in [3.63, 3.8) is 0 Å². The van der Waals surface area contributed by atoms with Crippen LogP contribution in [0.2, 0.25) is 0 Å². The summed E-state index contributed by atoms with van der Waals surface area (Å²) in [6.07, 6.45) is 9.29. The van der Waals surface area contributed by atoms with E-state index in [2.05, 4.69) is 37.2 Å². The number of carbonyl (C=O) groups excluding carboxylic acids is 2. The molecular weight excluding hydrogens is 573 g/mol. The van der Waals surface area contributed by atoms with Crippen LogP contribution in [-0.4, -0.2) is 87.1 Å². The molecule has 2 aromatic rings. The monoisotopic (exact) mass is 621 g/mol. The number of nitrogens with one attached hydrogen (secondary N) is 1. The Balaban J connectivity index is 1.05. The Morgan fingerprint density at radius 2 is 1.80 bits per heavy atom. The lowest BCUT2D eigenvalue weighted by Crippen LogP contribution is -2.61. The Kier molecular flexibility index (Phi) is 8.76. The minimum Gasteiger partial charge on any atom is -0.434 e. The summed E-state index contributed by atoms with van der Waals surface area (Å²) in [6, 6.07) is 3.86. The molecule has 3 saturated heterocycles. The Bertz CT molecular complexity index is 1390. The summed E-state index contributed by atoms with van der Waals surface area (Å²) in [4.78, 5) is 36.7.